The van der Waals surface area contributed by atoms with Gasteiger partial charge in [0.15, 0.2) is 5.96 Å². The highest BCUT2D eigenvalue weighted by atomic mass is 32.2. The molecule has 3 rings (SSSR count). The molecule has 0 atom stereocenters. The number of likely N-dealkylation sites (N-methyl/N-ethyl adjacent to an activating group) is 2. The van der Waals surface area contributed by atoms with Crippen molar-refractivity contribution in [3.63, 3.8) is 0 Å². The van der Waals surface area contributed by atoms with Gasteiger partial charge in [0.05, 0.1) is 0 Å². The number of benzene rings is 2. The van der Waals surface area contributed by atoms with Gasteiger partial charge < -0.3 is 25.0 Å². The van der Waals surface area contributed by atoms with Gasteiger partial charge in [-0.1, -0.05) is 30.9 Å². The highest BCUT2D eigenvalue weighted by Crippen LogP contribution is 2.30. The maximum Gasteiger partial charge on any atom is 0.200 e. The molecule has 0 aliphatic heterocycles. The van der Waals surface area contributed by atoms with Crippen LogP contribution in [0.15, 0.2) is 59.7 Å². The molecule has 0 unspecified atom stereocenters. The summed E-state index contributed by atoms with van der Waals surface area (Å²) in [6, 6.07) is 12.9. The Balaban J connectivity index is 1.95. The van der Waals surface area contributed by atoms with Crippen LogP contribution in [-0.4, -0.2) is 68.7 Å². The zero-order valence-corrected chi connectivity index (χ0v) is 25.2. The van der Waals surface area contributed by atoms with Gasteiger partial charge in [0, 0.05) is 74.0 Å². The predicted molar refractivity (Wildman–Crippen MR) is 172 cm³/mol. The van der Waals surface area contributed by atoms with Crippen LogP contribution < -0.4 is 15.5 Å². The number of para-hydroxylation sites is 1. The molecule has 2 aromatic carbocycles. The van der Waals surface area contributed by atoms with Crippen molar-refractivity contribution in [1.29, 1.82) is 0 Å². The van der Waals surface area contributed by atoms with E-state index in [0.717, 1.165) is 47.8 Å². The molecule has 0 bridgehead atoms. The van der Waals surface area contributed by atoms with Crippen molar-refractivity contribution in [2.75, 3.05) is 63.5 Å². The van der Waals surface area contributed by atoms with E-state index in [1.54, 1.807) is 0 Å². The molecule has 0 saturated carbocycles. The summed E-state index contributed by atoms with van der Waals surface area (Å²) in [5, 5.41) is 8.47. The number of nitrogens with one attached hydrogen (secondary N) is 2. The number of anilines is 2. The van der Waals surface area contributed by atoms with E-state index in [1.807, 2.05) is 24.9 Å². The predicted octanol–water partition coefficient (Wildman–Crippen LogP) is 6.30. The number of hydrogen-bond acceptors (Lipinski definition) is 4. The Labute approximate surface area is 233 Å². The topological polar surface area (TPSA) is 47.8 Å². The number of allylic oxidation sites excluding steroid dienone is 1. The SMILES string of the molecule is C=Cc1cc(NC(=NC)N/C(=C(\C)CCSC)c2cn(C)c3ccccc23)c(C)cc1N(C)CCN(C)C. The number of rotatable bonds is 11. The molecule has 2 N–H and O–H groups in total. The smallest absolute Gasteiger partial charge is 0.200 e. The third-order valence-corrected chi connectivity index (χ3v) is 7.49. The zero-order valence-electron chi connectivity index (χ0n) is 24.4. The van der Waals surface area contributed by atoms with E-state index >= 15 is 0 Å². The zero-order chi connectivity index (χ0) is 27.8. The lowest BCUT2D eigenvalue weighted by atomic mass is 10.0. The van der Waals surface area contributed by atoms with Crippen molar-refractivity contribution < 1.29 is 0 Å². The van der Waals surface area contributed by atoms with Crippen molar-refractivity contribution >= 4 is 51.8 Å². The molecule has 0 amide bonds. The number of guanidine groups is 1. The van der Waals surface area contributed by atoms with Crippen LogP contribution in [0.5, 0.6) is 0 Å². The highest BCUT2D eigenvalue weighted by Gasteiger charge is 2.17. The Morgan fingerprint density at radius 3 is 2.55 bits per heavy atom. The van der Waals surface area contributed by atoms with E-state index in [9.17, 15) is 0 Å². The van der Waals surface area contributed by atoms with Crippen LogP contribution in [0.1, 0.15) is 30.0 Å². The number of nitrogens with zero attached hydrogens (tertiary/aromatic N) is 4. The third kappa shape index (κ3) is 7.03. The van der Waals surface area contributed by atoms with E-state index < -0.39 is 0 Å². The first-order valence-electron chi connectivity index (χ1n) is 13.1. The second-order valence-electron chi connectivity index (χ2n) is 10.0. The summed E-state index contributed by atoms with van der Waals surface area (Å²) >= 11 is 1.86. The van der Waals surface area contributed by atoms with Crippen LogP contribution in [0.25, 0.3) is 22.7 Å². The van der Waals surface area contributed by atoms with Gasteiger partial charge in [-0.25, -0.2) is 0 Å². The van der Waals surface area contributed by atoms with Crippen molar-refractivity contribution in [1.82, 2.24) is 14.8 Å². The van der Waals surface area contributed by atoms with Gasteiger partial charge in [0.1, 0.15) is 0 Å². The normalized spacial score (nSPS) is 12.6. The van der Waals surface area contributed by atoms with Crippen LogP contribution in [0.2, 0.25) is 0 Å². The maximum atomic E-state index is 4.61. The molecule has 0 radical (unpaired) electrons. The molecule has 0 aliphatic rings. The molecular formula is C31H44N6S. The summed E-state index contributed by atoms with van der Waals surface area (Å²) in [5.74, 6) is 1.78. The largest absolute Gasteiger partial charge is 0.373 e. The molecule has 1 aromatic heterocycles. The minimum Gasteiger partial charge on any atom is -0.373 e. The van der Waals surface area contributed by atoms with Crippen molar-refractivity contribution in [3.05, 3.63) is 71.4 Å². The summed E-state index contributed by atoms with van der Waals surface area (Å²) in [4.78, 5) is 9.10. The first-order valence-corrected chi connectivity index (χ1v) is 14.5. The Morgan fingerprint density at radius 2 is 1.89 bits per heavy atom. The molecular weight excluding hydrogens is 488 g/mol. The van der Waals surface area contributed by atoms with E-state index in [0.29, 0.717) is 5.96 Å². The Morgan fingerprint density at radius 1 is 1.16 bits per heavy atom. The summed E-state index contributed by atoms with van der Waals surface area (Å²) < 4.78 is 2.19. The molecule has 38 heavy (non-hydrogen) atoms. The van der Waals surface area contributed by atoms with Gasteiger partial charge in [0.2, 0.25) is 0 Å². The highest BCUT2D eigenvalue weighted by molar-refractivity contribution is 7.98. The first kappa shape index (κ1) is 29.4. The molecule has 0 spiro atoms. The molecule has 3 aromatic rings. The minimum absolute atomic E-state index is 0.711. The number of fused-ring (bicyclic) bond motifs is 1. The number of aliphatic imine (C=N–C) groups is 1. The lowest BCUT2D eigenvalue weighted by molar-refractivity contribution is 0.416. The van der Waals surface area contributed by atoms with Gasteiger partial charge >= 0.3 is 0 Å². The standard InChI is InChI=1S/C31H44N6S/c1-10-24-20-27(23(3)19-29(24)36(7)17-16-35(5)6)33-31(32-4)34-30(22(2)15-18-38-9)26-21-37(8)28-14-12-11-13-25(26)28/h10-14,19-21H,1,15-18H2,2-9H3,(H2,32,33,34)/b30-22+. The Kier molecular flexibility index (Phi) is 10.5. The lowest BCUT2D eigenvalue weighted by Crippen LogP contribution is -2.31. The van der Waals surface area contributed by atoms with Crippen molar-refractivity contribution in [3.8, 4) is 0 Å². The lowest BCUT2D eigenvalue weighted by Gasteiger charge is -2.25. The fraction of sp³-hybridized carbons (Fsp3) is 0.387. The Hall–Kier alpha value is -3.16. The number of aromatic nitrogens is 1. The molecule has 1 heterocycles. The van der Waals surface area contributed by atoms with Crippen LogP contribution in [0.3, 0.4) is 0 Å². The Bertz CT molecular complexity index is 1320. The van der Waals surface area contributed by atoms with Crippen LogP contribution in [-0.2, 0) is 7.05 Å². The summed E-state index contributed by atoms with van der Waals surface area (Å²) in [7, 11) is 10.3. The summed E-state index contributed by atoms with van der Waals surface area (Å²) in [6.07, 6.45) is 7.29. The second kappa shape index (κ2) is 13.6. The molecule has 204 valence electrons. The molecule has 6 nitrogen and oxygen atoms in total. The number of hydrogen-bond donors (Lipinski definition) is 2. The van der Waals surface area contributed by atoms with E-state index in [-0.39, 0.29) is 0 Å². The fourth-order valence-corrected chi connectivity index (χ4v) is 5.03. The van der Waals surface area contributed by atoms with Gasteiger partial charge in [0.25, 0.3) is 0 Å². The first-order chi connectivity index (χ1) is 18.2. The molecule has 0 saturated heterocycles. The quantitative estimate of drug-likeness (QED) is 0.224. The van der Waals surface area contributed by atoms with Gasteiger partial charge in [-0.3, -0.25) is 4.99 Å². The molecule has 0 fully saturated rings. The van der Waals surface area contributed by atoms with Crippen LogP contribution in [0, 0.1) is 6.92 Å². The maximum absolute atomic E-state index is 4.61. The van der Waals surface area contributed by atoms with Crippen LogP contribution >= 0.6 is 11.8 Å². The minimum atomic E-state index is 0.711. The van der Waals surface area contributed by atoms with Crippen molar-refractivity contribution in [2.45, 2.75) is 20.3 Å². The van der Waals surface area contributed by atoms with E-state index in [4.69, 9.17) is 0 Å². The van der Waals surface area contributed by atoms with Crippen molar-refractivity contribution in [2.24, 2.45) is 12.0 Å². The van der Waals surface area contributed by atoms with Gasteiger partial charge in [-0.05, 0) is 81.3 Å². The molecule has 0 aliphatic carbocycles. The fourth-order valence-electron chi connectivity index (χ4n) is 4.52. The average Bonchev–Trinajstić information content (AvgIpc) is 3.24. The number of thioether (sulfide) groups is 1. The molecule has 7 heteroatoms. The summed E-state index contributed by atoms with van der Waals surface area (Å²) in [5.41, 5.74) is 9.24. The van der Waals surface area contributed by atoms with E-state index in [2.05, 4.69) is 127 Å². The van der Waals surface area contributed by atoms with Gasteiger partial charge in [-0.15, -0.1) is 0 Å². The van der Waals surface area contributed by atoms with Gasteiger partial charge in [-0.2, -0.15) is 11.8 Å². The third-order valence-electron chi connectivity index (χ3n) is 6.88. The average molecular weight is 533 g/mol. The summed E-state index contributed by atoms with van der Waals surface area (Å²) in [6.45, 7) is 10.4. The van der Waals surface area contributed by atoms with Crippen LogP contribution in [0.4, 0.5) is 11.4 Å². The monoisotopic (exact) mass is 532 g/mol. The number of aryl methyl sites for hydroxylation is 2. The second-order valence-corrected chi connectivity index (χ2v) is 11.0. The van der Waals surface area contributed by atoms with E-state index in [1.165, 1.54) is 27.7 Å².